The molecule has 2 fully saturated rings. The Morgan fingerprint density at radius 3 is 2.43 bits per heavy atom. The quantitative estimate of drug-likeness (QED) is 0.886. The summed E-state index contributed by atoms with van der Waals surface area (Å²) in [6.45, 7) is 0.774. The lowest BCUT2D eigenvalue weighted by atomic mass is 10.0. The van der Waals surface area contributed by atoms with Gasteiger partial charge in [0, 0.05) is 13.1 Å². The van der Waals surface area contributed by atoms with Crippen molar-refractivity contribution in [2.24, 2.45) is 11.8 Å². The predicted molar refractivity (Wildman–Crippen MR) is 72.3 cm³/mol. The number of halogens is 4. The second-order valence-corrected chi connectivity index (χ2v) is 6.19. The lowest BCUT2D eigenvalue weighted by molar-refractivity contribution is -0.139. The third-order valence-corrected chi connectivity index (χ3v) is 4.48. The smallest absolute Gasteiger partial charge is 0.421 e. The van der Waals surface area contributed by atoms with E-state index in [0.717, 1.165) is 0 Å². The summed E-state index contributed by atoms with van der Waals surface area (Å²) in [7, 11) is 0. The maximum atomic E-state index is 13.0. The Labute approximate surface area is 134 Å². The molecule has 3 rings (SSSR count). The molecule has 6 nitrogen and oxygen atoms in total. The van der Waals surface area contributed by atoms with Crippen LogP contribution in [0.5, 0.6) is 5.88 Å². The van der Waals surface area contributed by atoms with Gasteiger partial charge < -0.3 is 14.7 Å². The van der Waals surface area contributed by atoms with Gasteiger partial charge in [-0.15, -0.1) is 10.2 Å². The minimum Gasteiger partial charge on any atom is -0.473 e. The molecule has 0 bridgehead atoms. The summed E-state index contributed by atoms with van der Waals surface area (Å²) in [6, 6.07) is 0.686. The number of rotatable bonds is 2. The largest absolute Gasteiger partial charge is 0.473 e. The minimum atomic E-state index is -4.64. The number of nitrogens with zero attached hydrogens (tertiary/aromatic N) is 3. The van der Waals surface area contributed by atoms with Crippen molar-refractivity contribution in [1.82, 2.24) is 15.1 Å². The highest BCUT2D eigenvalue weighted by Crippen LogP contribution is 2.42. The molecule has 1 aliphatic carbocycles. The molecule has 1 N–H and O–H groups in total. The molecule has 2 aliphatic rings. The molecule has 1 saturated heterocycles. The van der Waals surface area contributed by atoms with Crippen LogP contribution in [-0.2, 0) is 6.18 Å². The SMILES string of the molecule is O=C(O)N1C[C@H]2C[C@@H](Oc3nnc(Cl)cc3C(F)(F)F)C[C@H]2C1. The van der Waals surface area contributed by atoms with Gasteiger partial charge in [0.1, 0.15) is 11.7 Å². The number of hydrogen-bond donors (Lipinski definition) is 1. The number of amides is 1. The van der Waals surface area contributed by atoms with Crippen molar-refractivity contribution in [3.05, 3.63) is 16.8 Å². The molecule has 10 heteroatoms. The molecule has 0 aromatic carbocycles. The molecule has 0 unspecified atom stereocenters. The average Bonchev–Trinajstić information content (AvgIpc) is 2.97. The highest BCUT2D eigenvalue weighted by Gasteiger charge is 2.44. The molecule has 3 atom stereocenters. The summed E-state index contributed by atoms with van der Waals surface area (Å²) in [6.07, 6.45) is -5.05. The number of ether oxygens (including phenoxy) is 1. The van der Waals surface area contributed by atoms with Crippen LogP contribution in [-0.4, -0.2) is 45.5 Å². The maximum Gasteiger partial charge on any atom is 0.421 e. The van der Waals surface area contributed by atoms with E-state index in [-0.39, 0.29) is 17.0 Å². The van der Waals surface area contributed by atoms with E-state index in [9.17, 15) is 18.0 Å². The fraction of sp³-hybridized carbons (Fsp3) is 0.615. The molecule has 23 heavy (non-hydrogen) atoms. The zero-order valence-electron chi connectivity index (χ0n) is 11.8. The van der Waals surface area contributed by atoms with Gasteiger partial charge in [-0.3, -0.25) is 0 Å². The maximum absolute atomic E-state index is 13.0. The van der Waals surface area contributed by atoms with Gasteiger partial charge in [-0.05, 0) is 30.7 Å². The van der Waals surface area contributed by atoms with E-state index in [1.165, 1.54) is 4.90 Å². The van der Waals surface area contributed by atoms with Crippen LogP contribution in [0.25, 0.3) is 0 Å². The number of fused-ring (bicyclic) bond motifs is 1. The number of aromatic nitrogens is 2. The Balaban J connectivity index is 1.70. The van der Waals surface area contributed by atoms with Crippen LogP contribution in [0.2, 0.25) is 5.15 Å². The van der Waals surface area contributed by atoms with Crippen molar-refractivity contribution >= 4 is 17.7 Å². The van der Waals surface area contributed by atoms with E-state index in [1.54, 1.807) is 0 Å². The van der Waals surface area contributed by atoms with E-state index in [2.05, 4.69) is 10.2 Å². The van der Waals surface area contributed by atoms with Crippen molar-refractivity contribution < 1.29 is 27.8 Å². The molecular formula is C13H13ClF3N3O3. The Hall–Kier alpha value is -1.77. The molecule has 1 aliphatic heterocycles. The molecule has 1 amide bonds. The van der Waals surface area contributed by atoms with Crippen LogP contribution in [0.3, 0.4) is 0 Å². The summed E-state index contributed by atoms with van der Waals surface area (Å²) >= 11 is 5.47. The molecular weight excluding hydrogens is 339 g/mol. The third kappa shape index (κ3) is 3.29. The van der Waals surface area contributed by atoms with E-state index < -0.39 is 29.8 Å². The van der Waals surface area contributed by atoms with Crippen molar-refractivity contribution in [2.45, 2.75) is 25.1 Å². The van der Waals surface area contributed by atoms with Gasteiger partial charge >= 0.3 is 12.3 Å². The van der Waals surface area contributed by atoms with Crippen molar-refractivity contribution in [1.29, 1.82) is 0 Å². The van der Waals surface area contributed by atoms with Gasteiger partial charge in [0.15, 0.2) is 5.15 Å². The second kappa shape index (κ2) is 5.70. The van der Waals surface area contributed by atoms with Gasteiger partial charge in [0.25, 0.3) is 0 Å². The summed E-state index contributed by atoms with van der Waals surface area (Å²) in [4.78, 5) is 12.3. The van der Waals surface area contributed by atoms with E-state index in [4.69, 9.17) is 21.4 Å². The standard InChI is InChI=1S/C13H13ClF3N3O3/c14-10-3-9(13(15,16)17)11(19-18-10)23-8-1-6-4-20(12(21)22)5-7(6)2-8/h3,6-8H,1-2,4-5H2,(H,21,22)/t6-,7+,8-. The topological polar surface area (TPSA) is 75.5 Å². The van der Waals surface area contributed by atoms with Gasteiger partial charge in [0.05, 0.1) is 0 Å². The van der Waals surface area contributed by atoms with Gasteiger partial charge in [0.2, 0.25) is 5.88 Å². The van der Waals surface area contributed by atoms with Crippen LogP contribution >= 0.6 is 11.6 Å². The zero-order chi connectivity index (χ0) is 16.8. The highest BCUT2D eigenvalue weighted by molar-refractivity contribution is 6.29. The summed E-state index contributed by atoms with van der Waals surface area (Å²) < 4.78 is 44.4. The fourth-order valence-corrected chi connectivity index (χ4v) is 3.45. The fourth-order valence-electron chi connectivity index (χ4n) is 3.30. The Morgan fingerprint density at radius 2 is 1.91 bits per heavy atom. The monoisotopic (exact) mass is 351 g/mol. The number of carbonyl (C=O) groups is 1. The van der Waals surface area contributed by atoms with Gasteiger partial charge in [-0.1, -0.05) is 11.6 Å². The first-order chi connectivity index (χ1) is 10.7. The van der Waals surface area contributed by atoms with Gasteiger partial charge in [-0.2, -0.15) is 13.2 Å². The summed E-state index contributed by atoms with van der Waals surface area (Å²) in [5.74, 6) is -0.377. The number of carboxylic acid groups (broad SMARTS) is 1. The molecule has 126 valence electrons. The highest BCUT2D eigenvalue weighted by atomic mass is 35.5. The van der Waals surface area contributed by atoms with Crippen molar-refractivity contribution in [3.8, 4) is 5.88 Å². The lowest BCUT2D eigenvalue weighted by Crippen LogP contribution is -2.29. The first kappa shape index (κ1) is 16.1. The molecule has 0 spiro atoms. The van der Waals surface area contributed by atoms with Crippen LogP contribution in [0.1, 0.15) is 18.4 Å². The van der Waals surface area contributed by atoms with Crippen molar-refractivity contribution in [3.63, 3.8) is 0 Å². The van der Waals surface area contributed by atoms with Crippen LogP contribution < -0.4 is 4.74 Å². The zero-order valence-corrected chi connectivity index (χ0v) is 12.5. The normalized spacial score (nSPS) is 27.1. The first-order valence-corrected chi connectivity index (χ1v) is 7.36. The van der Waals surface area contributed by atoms with E-state index in [0.29, 0.717) is 32.0 Å². The first-order valence-electron chi connectivity index (χ1n) is 6.99. The van der Waals surface area contributed by atoms with Crippen LogP contribution in [0.4, 0.5) is 18.0 Å². The second-order valence-electron chi connectivity index (χ2n) is 5.80. The average molecular weight is 352 g/mol. The van der Waals surface area contributed by atoms with Crippen LogP contribution in [0.15, 0.2) is 6.07 Å². The summed E-state index contributed by atoms with van der Waals surface area (Å²) in [5.41, 5.74) is -1.05. The number of alkyl halides is 3. The predicted octanol–water partition coefficient (Wildman–Crippen LogP) is 2.92. The molecule has 1 aromatic rings. The number of likely N-dealkylation sites (tertiary alicyclic amines) is 1. The van der Waals surface area contributed by atoms with E-state index >= 15 is 0 Å². The van der Waals surface area contributed by atoms with E-state index in [1.807, 2.05) is 0 Å². The Kier molecular flexibility index (Phi) is 3.99. The molecule has 1 saturated carbocycles. The van der Waals surface area contributed by atoms with Crippen LogP contribution in [0, 0.1) is 11.8 Å². The lowest BCUT2D eigenvalue weighted by Gasteiger charge is -2.19. The molecule has 1 aromatic heterocycles. The Morgan fingerprint density at radius 1 is 1.30 bits per heavy atom. The number of hydrogen-bond acceptors (Lipinski definition) is 4. The minimum absolute atomic E-state index is 0.102. The van der Waals surface area contributed by atoms with Gasteiger partial charge in [-0.25, -0.2) is 4.79 Å². The molecule has 2 heterocycles. The van der Waals surface area contributed by atoms with Crippen molar-refractivity contribution in [2.75, 3.05) is 13.1 Å². The third-order valence-electron chi connectivity index (χ3n) is 4.29. The molecule has 0 radical (unpaired) electrons. The summed E-state index contributed by atoms with van der Waals surface area (Å²) in [5, 5.41) is 15.4. The Bertz CT molecular complexity index is 614.